The predicted molar refractivity (Wildman–Crippen MR) is 90.0 cm³/mol. The lowest BCUT2D eigenvalue weighted by atomic mass is 10.1. The van der Waals surface area contributed by atoms with Crippen LogP contribution in [-0.4, -0.2) is 25.4 Å². The van der Waals surface area contributed by atoms with Crippen molar-refractivity contribution in [2.75, 3.05) is 18.9 Å². The molecule has 0 aliphatic heterocycles. The van der Waals surface area contributed by atoms with Gasteiger partial charge in [0.1, 0.15) is 17.7 Å². The third-order valence-corrected chi connectivity index (χ3v) is 3.77. The molecule has 7 heteroatoms. The van der Waals surface area contributed by atoms with E-state index in [2.05, 4.69) is 10.6 Å². The molecule has 132 valence electrons. The summed E-state index contributed by atoms with van der Waals surface area (Å²) in [7, 11) is 1.54. The van der Waals surface area contributed by atoms with Crippen LogP contribution in [0.2, 0.25) is 0 Å². The molecule has 0 unspecified atom stereocenters. The molecule has 2 rings (SSSR count). The zero-order valence-corrected chi connectivity index (χ0v) is 14.0. The summed E-state index contributed by atoms with van der Waals surface area (Å²) in [5.74, 6) is -1.73. The molecular weight excluding hydrogens is 328 g/mol. The van der Waals surface area contributed by atoms with Gasteiger partial charge in [-0.15, -0.1) is 0 Å². The van der Waals surface area contributed by atoms with Crippen molar-refractivity contribution in [3.05, 3.63) is 65.2 Å². The van der Waals surface area contributed by atoms with Gasteiger partial charge in [-0.25, -0.2) is 8.78 Å². The highest BCUT2D eigenvalue weighted by atomic mass is 19.1. The molecule has 4 N–H and O–H groups in total. The summed E-state index contributed by atoms with van der Waals surface area (Å²) >= 11 is 0. The van der Waals surface area contributed by atoms with E-state index in [1.807, 2.05) is 0 Å². The molecular formula is C18H20F2N3O2+. The number of rotatable bonds is 6. The summed E-state index contributed by atoms with van der Waals surface area (Å²) in [4.78, 5) is 23.4. The molecule has 5 nitrogen and oxygen atoms in total. The summed E-state index contributed by atoms with van der Waals surface area (Å²) in [6.45, 7) is 1.82. The van der Waals surface area contributed by atoms with Gasteiger partial charge < -0.3 is 16.0 Å². The van der Waals surface area contributed by atoms with E-state index in [1.165, 1.54) is 12.1 Å². The highest BCUT2D eigenvalue weighted by Gasteiger charge is 2.16. The molecule has 0 saturated carbocycles. The average Bonchev–Trinajstić information content (AvgIpc) is 2.59. The molecule has 0 bridgehead atoms. The first-order valence-corrected chi connectivity index (χ1v) is 7.81. The van der Waals surface area contributed by atoms with E-state index in [4.69, 9.17) is 0 Å². The Morgan fingerprint density at radius 2 is 1.80 bits per heavy atom. The number of carbonyl (C=O) groups excluding carboxylic acids is 2. The molecule has 1 atom stereocenters. The van der Waals surface area contributed by atoms with Crippen molar-refractivity contribution in [1.29, 1.82) is 0 Å². The predicted octanol–water partition coefficient (Wildman–Crippen LogP) is 1.59. The van der Waals surface area contributed by atoms with Gasteiger partial charge in [0.15, 0.2) is 6.54 Å². The van der Waals surface area contributed by atoms with Crippen LogP contribution in [0.1, 0.15) is 28.9 Å². The fourth-order valence-electron chi connectivity index (χ4n) is 2.34. The van der Waals surface area contributed by atoms with Crippen LogP contribution in [0.4, 0.5) is 14.5 Å². The standard InChI is InChI=1S/C18H19F2N3O2/c1-11(15-8-5-13(19)9-16(15)20)22-10-17(24)23-14-6-3-12(4-7-14)18(25)21-2/h3-9,11,22H,10H2,1-2H3,(H,21,25)(H,23,24)/p+1/t11-/m1/s1. The van der Waals surface area contributed by atoms with Gasteiger partial charge in [0.05, 0.1) is 0 Å². The Bertz CT molecular complexity index is 763. The first-order chi connectivity index (χ1) is 11.9. The molecule has 0 aromatic heterocycles. The second-order valence-electron chi connectivity index (χ2n) is 5.60. The topological polar surface area (TPSA) is 74.8 Å². The van der Waals surface area contributed by atoms with Crippen molar-refractivity contribution in [3.8, 4) is 0 Å². The second kappa shape index (κ2) is 8.34. The van der Waals surface area contributed by atoms with Crippen LogP contribution < -0.4 is 16.0 Å². The molecule has 2 aromatic rings. The van der Waals surface area contributed by atoms with Gasteiger partial charge in [-0.2, -0.15) is 0 Å². The fraction of sp³-hybridized carbons (Fsp3) is 0.222. The lowest BCUT2D eigenvalue weighted by molar-refractivity contribution is -0.682. The van der Waals surface area contributed by atoms with Crippen molar-refractivity contribution in [3.63, 3.8) is 0 Å². The van der Waals surface area contributed by atoms with Crippen LogP contribution in [0.25, 0.3) is 0 Å². The van der Waals surface area contributed by atoms with E-state index in [-0.39, 0.29) is 24.4 Å². The number of quaternary nitrogens is 1. The molecule has 0 fully saturated rings. The number of carbonyl (C=O) groups is 2. The van der Waals surface area contributed by atoms with Gasteiger partial charge in [0.2, 0.25) is 0 Å². The van der Waals surface area contributed by atoms with Gasteiger partial charge in [0.25, 0.3) is 11.8 Å². The van der Waals surface area contributed by atoms with Crippen molar-refractivity contribution in [2.45, 2.75) is 13.0 Å². The van der Waals surface area contributed by atoms with Gasteiger partial charge in [-0.05, 0) is 43.3 Å². The van der Waals surface area contributed by atoms with Crippen molar-refractivity contribution >= 4 is 17.5 Å². The van der Waals surface area contributed by atoms with E-state index in [0.717, 1.165) is 6.07 Å². The lowest BCUT2D eigenvalue weighted by Crippen LogP contribution is -2.86. The number of anilines is 1. The van der Waals surface area contributed by atoms with E-state index < -0.39 is 11.6 Å². The Labute approximate surface area is 144 Å². The molecule has 2 amide bonds. The van der Waals surface area contributed by atoms with Crippen LogP contribution in [0.5, 0.6) is 0 Å². The molecule has 0 heterocycles. The number of amides is 2. The maximum atomic E-state index is 13.7. The van der Waals surface area contributed by atoms with Gasteiger partial charge in [0, 0.05) is 29.9 Å². The van der Waals surface area contributed by atoms with E-state index in [0.29, 0.717) is 16.8 Å². The smallest absolute Gasteiger partial charge is 0.279 e. The van der Waals surface area contributed by atoms with E-state index in [9.17, 15) is 18.4 Å². The lowest BCUT2D eigenvalue weighted by Gasteiger charge is -2.12. The summed E-state index contributed by atoms with van der Waals surface area (Å²) in [5.41, 5.74) is 1.39. The van der Waals surface area contributed by atoms with Crippen molar-refractivity contribution < 1.29 is 23.7 Å². The Morgan fingerprint density at radius 3 is 2.40 bits per heavy atom. The first kappa shape index (κ1) is 18.5. The quantitative estimate of drug-likeness (QED) is 0.742. The Hall–Kier alpha value is -2.80. The highest BCUT2D eigenvalue weighted by Crippen LogP contribution is 2.14. The maximum absolute atomic E-state index is 13.7. The zero-order valence-electron chi connectivity index (χ0n) is 14.0. The van der Waals surface area contributed by atoms with Gasteiger partial charge >= 0.3 is 0 Å². The Kier molecular flexibility index (Phi) is 6.19. The third kappa shape index (κ3) is 5.09. The van der Waals surface area contributed by atoms with E-state index >= 15 is 0 Å². The number of halogens is 2. The van der Waals surface area contributed by atoms with Crippen molar-refractivity contribution in [2.24, 2.45) is 0 Å². The highest BCUT2D eigenvalue weighted by molar-refractivity contribution is 5.95. The van der Waals surface area contributed by atoms with Crippen LogP contribution in [0.3, 0.4) is 0 Å². The minimum absolute atomic E-state index is 0.0786. The van der Waals surface area contributed by atoms with Crippen LogP contribution >= 0.6 is 0 Å². The van der Waals surface area contributed by atoms with Crippen LogP contribution in [0, 0.1) is 11.6 Å². The Morgan fingerprint density at radius 1 is 1.12 bits per heavy atom. The molecule has 0 spiro atoms. The monoisotopic (exact) mass is 348 g/mol. The summed E-state index contributed by atoms with van der Waals surface area (Å²) < 4.78 is 26.6. The molecule has 0 aliphatic rings. The molecule has 25 heavy (non-hydrogen) atoms. The molecule has 0 aliphatic carbocycles. The maximum Gasteiger partial charge on any atom is 0.279 e. The summed E-state index contributed by atoms with van der Waals surface area (Å²) in [6, 6.07) is 9.54. The number of hydrogen-bond acceptors (Lipinski definition) is 2. The molecule has 2 aromatic carbocycles. The van der Waals surface area contributed by atoms with Gasteiger partial charge in [-0.1, -0.05) is 0 Å². The number of nitrogens with two attached hydrogens (primary N) is 1. The normalized spacial score (nSPS) is 11.7. The molecule has 0 radical (unpaired) electrons. The van der Waals surface area contributed by atoms with Crippen LogP contribution in [0.15, 0.2) is 42.5 Å². The largest absolute Gasteiger partial charge is 0.355 e. The van der Waals surface area contributed by atoms with Gasteiger partial charge in [-0.3, -0.25) is 9.59 Å². The minimum atomic E-state index is -0.633. The average molecular weight is 348 g/mol. The Balaban J connectivity index is 1.88. The first-order valence-electron chi connectivity index (χ1n) is 7.81. The number of nitrogens with one attached hydrogen (secondary N) is 2. The zero-order chi connectivity index (χ0) is 18.4. The SMILES string of the molecule is CNC(=O)c1ccc(NC(=O)C[NH2+][C@H](C)c2ccc(F)cc2F)cc1. The van der Waals surface area contributed by atoms with Crippen molar-refractivity contribution in [1.82, 2.24) is 5.32 Å². The minimum Gasteiger partial charge on any atom is -0.355 e. The second-order valence-corrected chi connectivity index (χ2v) is 5.60. The fourth-order valence-corrected chi connectivity index (χ4v) is 2.34. The summed E-state index contributed by atoms with van der Waals surface area (Å²) in [6.07, 6.45) is 0. The van der Waals surface area contributed by atoms with E-state index in [1.54, 1.807) is 43.6 Å². The number of hydrogen-bond donors (Lipinski definition) is 3. The molecule has 0 saturated heterocycles. The third-order valence-electron chi connectivity index (χ3n) is 3.77. The van der Waals surface area contributed by atoms with Crippen LogP contribution in [-0.2, 0) is 4.79 Å². The number of benzene rings is 2. The summed E-state index contributed by atoms with van der Waals surface area (Å²) in [5, 5.41) is 6.87.